The van der Waals surface area contributed by atoms with Gasteiger partial charge in [-0.3, -0.25) is 4.99 Å². The van der Waals surface area contributed by atoms with Crippen molar-refractivity contribution in [3.8, 4) is 0 Å². The molecular weight excluding hydrogens is 198 g/mol. The quantitative estimate of drug-likeness (QED) is 0.590. The highest BCUT2D eigenvalue weighted by Gasteiger charge is 2.18. The van der Waals surface area contributed by atoms with Crippen molar-refractivity contribution in [3.63, 3.8) is 0 Å². The second kappa shape index (κ2) is 6.77. The van der Waals surface area contributed by atoms with Crippen LogP contribution in [0.25, 0.3) is 0 Å². The molecule has 0 aromatic heterocycles. The molecule has 1 aliphatic rings. The molecule has 2 unspecified atom stereocenters. The summed E-state index contributed by atoms with van der Waals surface area (Å²) in [4.78, 5) is 6.66. The van der Waals surface area contributed by atoms with Crippen LogP contribution in [0, 0.1) is 11.8 Å². The van der Waals surface area contributed by atoms with E-state index < -0.39 is 0 Å². The summed E-state index contributed by atoms with van der Waals surface area (Å²) >= 11 is 0. The Hall–Kier alpha value is -0.730. The lowest BCUT2D eigenvalue weighted by Gasteiger charge is -2.26. The molecule has 16 heavy (non-hydrogen) atoms. The van der Waals surface area contributed by atoms with Crippen LogP contribution in [0.2, 0.25) is 0 Å². The third-order valence-corrected chi connectivity index (χ3v) is 3.64. The minimum atomic E-state index is 0.725. The van der Waals surface area contributed by atoms with Gasteiger partial charge in [-0.15, -0.1) is 0 Å². The number of aliphatic imine (C=N–C) groups is 1. The van der Waals surface area contributed by atoms with E-state index in [2.05, 4.69) is 30.7 Å². The molecular formula is C13H27N3. The summed E-state index contributed by atoms with van der Waals surface area (Å²) in [5.41, 5.74) is 5.97. The van der Waals surface area contributed by atoms with E-state index in [0.29, 0.717) is 0 Å². The standard InChI is InChI=1S/C13H27N3/c1-4-16(5-2)13(14)15-10-12-8-6-7-11(3)9-12/h11-12H,4-10H2,1-3H3,(H2,14,15). The number of rotatable bonds is 4. The molecule has 94 valence electrons. The van der Waals surface area contributed by atoms with Crippen molar-refractivity contribution in [1.29, 1.82) is 0 Å². The molecule has 0 amide bonds. The van der Waals surface area contributed by atoms with Gasteiger partial charge in [0.2, 0.25) is 0 Å². The Kier molecular flexibility index (Phi) is 5.64. The fourth-order valence-corrected chi connectivity index (χ4v) is 2.60. The van der Waals surface area contributed by atoms with Gasteiger partial charge in [0, 0.05) is 19.6 Å². The van der Waals surface area contributed by atoms with Crippen LogP contribution in [0.15, 0.2) is 4.99 Å². The van der Waals surface area contributed by atoms with Crippen LogP contribution >= 0.6 is 0 Å². The smallest absolute Gasteiger partial charge is 0.191 e. The third-order valence-electron chi connectivity index (χ3n) is 3.64. The van der Waals surface area contributed by atoms with Gasteiger partial charge in [0.05, 0.1) is 0 Å². The van der Waals surface area contributed by atoms with Crippen molar-refractivity contribution in [2.45, 2.75) is 46.5 Å². The van der Waals surface area contributed by atoms with E-state index in [4.69, 9.17) is 5.73 Å². The molecule has 0 radical (unpaired) electrons. The monoisotopic (exact) mass is 225 g/mol. The lowest BCUT2D eigenvalue weighted by molar-refractivity contribution is 0.288. The van der Waals surface area contributed by atoms with Crippen LogP contribution in [0.3, 0.4) is 0 Å². The van der Waals surface area contributed by atoms with Crippen molar-refractivity contribution in [2.24, 2.45) is 22.6 Å². The highest BCUT2D eigenvalue weighted by atomic mass is 15.2. The first-order valence-corrected chi connectivity index (χ1v) is 6.72. The van der Waals surface area contributed by atoms with E-state index in [1.807, 2.05) is 0 Å². The summed E-state index contributed by atoms with van der Waals surface area (Å²) in [6.07, 6.45) is 5.42. The Morgan fingerprint density at radius 2 is 2.00 bits per heavy atom. The maximum Gasteiger partial charge on any atom is 0.191 e. The van der Waals surface area contributed by atoms with Crippen molar-refractivity contribution >= 4 is 5.96 Å². The molecule has 3 nitrogen and oxygen atoms in total. The Bertz CT molecular complexity index is 221. The second-order valence-electron chi connectivity index (χ2n) is 5.01. The van der Waals surface area contributed by atoms with Crippen LogP contribution < -0.4 is 5.73 Å². The van der Waals surface area contributed by atoms with Gasteiger partial charge in [-0.1, -0.05) is 19.8 Å². The zero-order valence-corrected chi connectivity index (χ0v) is 11.1. The maximum atomic E-state index is 5.97. The van der Waals surface area contributed by atoms with Gasteiger partial charge in [0.1, 0.15) is 0 Å². The fourth-order valence-electron chi connectivity index (χ4n) is 2.60. The molecule has 0 heterocycles. The molecule has 1 aliphatic carbocycles. The van der Waals surface area contributed by atoms with Crippen molar-refractivity contribution in [3.05, 3.63) is 0 Å². The number of nitrogens with zero attached hydrogens (tertiary/aromatic N) is 2. The highest BCUT2D eigenvalue weighted by molar-refractivity contribution is 5.77. The Morgan fingerprint density at radius 3 is 2.56 bits per heavy atom. The van der Waals surface area contributed by atoms with Gasteiger partial charge in [-0.05, 0) is 38.5 Å². The molecule has 1 fully saturated rings. The summed E-state index contributed by atoms with van der Waals surface area (Å²) < 4.78 is 0. The summed E-state index contributed by atoms with van der Waals surface area (Å²) in [5.74, 6) is 2.37. The molecule has 0 aliphatic heterocycles. The number of guanidine groups is 1. The van der Waals surface area contributed by atoms with Crippen LogP contribution in [-0.4, -0.2) is 30.5 Å². The first-order chi connectivity index (χ1) is 7.67. The largest absolute Gasteiger partial charge is 0.370 e. The minimum Gasteiger partial charge on any atom is -0.370 e. The first-order valence-electron chi connectivity index (χ1n) is 6.72. The molecule has 1 rings (SSSR count). The van der Waals surface area contributed by atoms with E-state index >= 15 is 0 Å². The number of nitrogens with two attached hydrogens (primary N) is 1. The van der Waals surface area contributed by atoms with E-state index in [1.54, 1.807) is 0 Å². The number of hydrogen-bond donors (Lipinski definition) is 1. The van der Waals surface area contributed by atoms with Crippen LogP contribution in [0.1, 0.15) is 46.5 Å². The van der Waals surface area contributed by atoms with Crippen molar-refractivity contribution in [1.82, 2.24) is 4.90 Å². The van der Waals surface area contributed by atoms with Crippen molar-refractivity contribution < 1.29 is 0 Å². The Labute approximate surface area is 100 Å². The average molecular weight is 225 g/mol. The molecule has 2 atom stereocenters. The molecule has 0 bridgehead atoms. The van der Waals surface area contributed by atoms with Gasteiger partial charge < -0.3 is 10.6 Å². The maximum absolute atomic E-state index is 5.97. The summed E-state index contributed by atoms with van der Waals surface area (Å²) in [7, 11) is 0. The summed E-state index contributed by atoms with van der Waals surface area (Å²) in [6, 6.07) is 0. The van der Waals surface area contributed by atoms with Gasteiger partial charge in [-0.2, -0.15) is 0 Å². The normalized spacial score (nSPS) is 26.8. The predicted molar refractivity (Wildman–Crippen MR) is 70.5 cm³/mol. The Morgan fingerprint density at radius 1 is 1.31 bits per heavy atom. The molecule has 0 aromatic carbocycles. The van der Waals surface area contributed by atoms with Crippen LogP contribution in [0.4, 0.5) is 0 Å². The topological polar surface area (TPSA) is 41.6 Å². The zero-order valence-electron chi connectivity index (χ0n) is 11.1. The van der Waals surface area contributed by atoms with E-state index in [9.17, 15) is 0 Å². The van der Waals surface area contributed by atoms with Gasteiger partial charge in [0.25, 0.3) is 0 Å². The molecule has 2 N–H and O–H groups in total. The van der Waals surface area contributed by atoms with E-state index in [0.717, 1.165) is 37.4 Å². The predicted octanol–water partition coefficient (Wildman–Crippen LogP) is 2.47. The first kappa shape index (κ1) is 13.3. The van der Waals surface area contributed by atoms with Crippen LogP contribution in [-0.2, 0) is 0 Å². The molecule has 0 aromatic rings. The van der Waals surface area contributed by atoms with E-state index in [1.165, 1.54) is 25.7 Å². The SMILES string of the molecule is CCN(CC)C(N)=NCC1CCCC(C)C1. The third kappa shape index (κ3) is 4.03. The lowest BCUT2D eigenvalue weighted by atomic mass is 9.82. The lowest BCUT2D eigenvalue weighted by Crippen LogP contribution is -2.37. The molecule has 0 saturated heterocycles. The van der Waals surface area contributed by atoms with Crippen LogP contribution in [0.5, 0.6) is 0 Å². The highest BCUT2D eigenvalue weighted by Crippen LogP contribution is 2.28. The molecule has 3 heteroatoms. The second-order valence-corrected chi connectivity index (χ2v) is 5.01. The molecule has 0 spiro atoms. The van der Waals surface area contributed by atoms with Gasteiger partial charge >= 0.3 is 0 Å². The average Bonchev–Trinajstić information content (AvgIpc) is 2.28. The molecule has 1 saturated carbocycles. The number of hydrogen-bond acceptors (Lipinski definition) is 1. The van der Waals surface area contributed by atoms with E-state index in [-0.39, 0.29) is 0 Å². The van der Waals surface area contributed by atoms with Gasteiger partial charge in [0.15, 0.2) is 5.96 Å². The van der Waals surface area contributed by atoms with Crippen molar-refractivity contribution in [2.75, 3.05) is 19.6 Å². The Balaban J connectivity index is 2.38. The van der Waals surface area contributed by atoms with Gasteiger partial charge in [-0.25, -0.2) is 0 Å². The summed E-state index contributed by atoms with van der Waals surface area (Å²) in [6.45, 7) is 9.42. The minimum absolute atomic E-state index is 0.725. The zero-order chi connectivity index (χ0) is 12.0. The summed E-state index contributed by atoms with van der Waals surface area (Å²) in [5, 5.41) is 0. The fraction of sp³-hybridized carbons (Fsp3) is 0.923.